The van der Waals surface area contributed by atoms with Gasteiger partial charge in [-0.05, 0) is 37.9 Å². The van der Waals surface area contributed by atoms with E-state index in [1.165, 1.54) is 37.0 Å². The first-order valence-corrected chi connectivity index (χ1v) is 8.91. The van der Waals surface area contributed by atoms with Gasteiger partial charge in [0.2, 0.25) is 0 Å². The minimum Gasteiger partial charge on any atom is -0.301 e. The van der Waals surface area contributed by atoms with Gasteiger partial charge in [-0.15, -0.1) is 0 Å². The summed E-state index contributed by atoms with van der Waals surface area (Å²) >= 11 is 0. The molecule has 4 heteroatoms. The lowest BCUT2D eigenvalue weighted by atomic mass is 9.94. The topological polar surface area (TPSA) is 40.6 Å². The fourth-order valence-electron chi connectivity index (χ4n) is 3.92. The van der Waals surface area contributed by atoms with Crippen LogP contribution in [0.25, 0.3) is 0 Å². The zero-order valence-electron chi connectivity index (χ0n) is 14.0. The zero-order valence-corrected chi connectivity index (χ0v) is 14.0. The number of imide groups is 1. The van der Waals surface area contributed by atoms with E-state index in [0.717, 1.165) is 19.5 Å². The SMILES string of the molecule is CCN(CCCN1C(=O)c2ccccc2C1=O)C1CCCCC1. The fourth-order valence-corrected chi connectivity index (χ4v) is 3.92. The first kappa shape index (κ1) is 16.2. The molecule has 0 atom stereocenters. The van der Waals surface area contributed by atoms with Crippen molar-refractivity contribution in [1.29, 1.82) is 0 Å². The molecule has 2 aliphatic rings. The number of rotatable bonds is 6. The summed E-state index contributed by atoms with van der Waals surface area (Å²) in [5, 5.41) is 0. The Morgan fingerprint density at radius 3 is 2.22 bits per heavy atom. The van der Waals surface area contributed by atoms with E-state index in [1.807, 2.05) is 12.1 Å². The Morgan fingerprint density at radius 2 is 1.65 bits per heavy atom. The number of nitrogens with zero attached hydrogens (tertiary/aromatic N) is 2. The summed E-state index contributed by atoms with van der Waals surface area (Å²) in [5.41, 5.74) is 1.11. The maximum absolute atomic E-state index is 12.3. The van der Waals surface area contributed by atoms with E-state index >= 15 is 0 Å². The van der Waals surface area contributed by atoms with Crippen molar-refractivity contribution in [3.05, 3.63) is 35.4 Å². The molecule has 3 rings (SSSR count). The fraction of sp³-hybridized carbons (Fsp3) is 0.579. The van der Waals surface area contributed by atoms with Crippen molar-refractivity contribution >= 4 is 11.8 Å². The van der Waals surface area contributed by atoms with E-state index in [2.05, 4.69) is 11.8 Å². The van der Waals surface area contributed by atoms with Crippen molar-refractivity contribution in [3.63, 3.8) is 0 Å². The number of hydrogen-bond donors (Lipinski definition) is 0. The van der Waals surface area contributed by atoms with E-state index < -0.39 is 0 Å². The molecule has 0 radical (unpaired) electrons. The first-order chi connectivity index (χ1) is 11.2. The van der Waals surface area contributed by atoms with Gasteiger partial charge in [0.15, 0.2) is 0 Å². The van der Waals surface area contributed by atoms with Crippen molar-refractivity contribution in [2.24, 2.45) is 0 Å². The summed E-state index contributed by atoms with van der Waals surface area (Å²) in [6.45, 7) is 4.74. The molecule has 2 amide bonds. The van der Waals surface area contributed by atoms with Crippen LogP contribution in [0.1, 0.15) is 66.2 Å². The molecule has 0 saturated heterocycles. The molecule has 0 bridgehead atoms. The number of amides is 2. The summed E-state index contributed by atoms with van der Waals surface area (Å²) in [7, 11) is 0. The molecule has 124 valence electrons. The molecule has 1 saturated carbocycles. The van der Waals surface area contributed by atoms with Gasteiger partial charge in [0.25, 0.3) is 11.8 Å². The van der Waals surface area contributed by atoms with E-state index in [0.29, 0.717) is 23.7 Å². The van der Waals surface area contributed by atoms with E-state index in [4.69, 9.17) is 0 Å². The van der Waals surface area contributed by atoms with Crippen molar-refractivity contribution in [3.8, 4) is 0 Å². The maximum Gasteiger partial charge on any atom is 0.261 e. The number of benzene rings is 1. The average molecular weight is 314 g/mol. The molecule has 23 heavy (non-hydrogen) atoms. The molecule has 1 fully saturated rings. The summed E-state index contributed by atoms with van der Waals surface area (Å²) in [4.78, 5) is 28.6. The Kier molecular flexibility index (Phi) is 5.11. The highest BCUT2D eigenvalue weighted by Gasteiger charge is 2.34. The lowest BCUT2D eigenvalue weighted by Gasteiger charge is -2.33. The van der Waals surface area contributed by atoms with Crippen LogP contribution in [-0.2, 0) is 0 Å². The predicted octanol–water partition coefficient (Wildman–Crippen LogP) is 3.33. The van der Waals surface area contributed by atoms with Gasteiger partial charge in [0.05, 0.1) is 11.1 Å². The van der Waals surface area contributed by atoms with Crippen LogP contribution in [0.15, 0.2) is 24.3 Å². The van der Waals surface area contributed by atoms with Crippen molar-refractivity contribution < 1.29 is 9.59 Å². The van der Waals surface area contributed by atoms with Gasteiger partial charge in [-0.3, -0.25) is 14.5 Å². The van der Waals surface area contributed by atoms with Crippen LogP contribution in [0.3, 0.4) is 0 Å². The third kappa shape index (κ3) is 3.32. The average Bonchev–Trinajstić information content (AvgIpc) is 2.84. The molecule has 1 heterocycles. The molecule has 0 spiro atoms. The largest absolute Gasteiger partial charge is 0.301 e. The van der Waals surface area contributed by atoms with Gasteiger partial charge >= 0.3 is 0 Å². The lowest BCUT2D eigenvalue weighted by molar-refractivity contribution is 0.0642. The van der Waals surface area contributed by atoms with Gasteiger partial charge in [0.1, 0.15) is 0 Å². The molecule has 1 aliphatic carbocycles. The van der Waals surface area contributed by atoms with Crippen LogP contribution < -0.4 is 0 Å². The van der Waals surface area contributed by atoms with Crippen molar-refractivity contribution in [1.82, 2.24) is 9.80 Å². The number of fused-ring (bicyclic) bond motifs is 1. The van der Waals surface area contributed by atoms with Gasteiger partial charge in [-0.1, -0.05) is 38.3 Å². The van der Waals surface area contributed by atoms with E-state index in [-0.39, 0.29) is 11.8 Å². The minimum atomic E-state index is -0.133. The Balaban J connectivity index is 1.54. The second-order valence-electron chi connectivity index (χ2n) is 6.58. The van der Waals surface area contributed by atoms with Gasteiger partial charge in [-0.25, -0.2) is 0 Å². The molecule has 0 aromatic heterocycles. The van der Waals surface area contributed by atoms with Gasteiger partial charge in [0, 0.05) is 19.1 Å². The number of carbonyl (C=O) groups excluding carboxylic acids is 2. The lowest BCUT2D eigenvalue weighted by Crippen LogP contribution is -2.39. The molecular weight excluding hydrogens is 288 g/mol. The molecule has 0 unspecified atom stereocenters. The monoisotopic (exact) mass is 314 g/mol. The second-order valence-corrected chi connectivity index (χ2v) is 6.58. The highest BCUT2D eigenvalue weighted by molar-refractivity contribution is 6.21. The molecular formula is C19H26N2O2. The standard InChI is InChI=1S/C19H26N2O2/c1-2-20(15-9-4-3-5-10-15)13-8-14-21-18(22)16-11-6-7-12-17(16)19(21)23/h6-7,11-12,15H,2-5,8-10,13-14H2,1H3. The maximum atomic E-state index is 12.3. The van der Waals surface area contributed by atoms with Crippen LogP contribution in [-0.4, -0.2) is 47.3 Å². The molecule has 1 aromatic carbocycles. The molecule has 1 aliphatic heterocycles. The van der Waals surface area contributed by atoms with Gasteiger partial charge in [-0.2, -0.15) is 0 Å². The molecule has 0 N–H and O–H groups in total. The van der Waals surface area contributed by atoms with Crippen LogP contribution in [0, 0.1) is 0 Å². The quantitative estimate of drug-likeness (QED) is 0.756. The Labute approximate surface area is 138 Å². The normalized spacial score (nSPS) is 18.8. The Bertz CT molecular complexity index is 543. The molecule has 1 aromatic rings. The highest BCUT2D eigenvalue weighted by atomic mass is 16.2. The van der Waals surface area contributed by atoms with Crippen LogP contribution in [0.2, 0.25) is 0 Å². The number of hydrogen-bond acceptors (Lipinski definition) is 3. The zero-order chi connectivity index (χ0) is 16.2. The third-order valence-electron chi connectivity index (χ3n) is 5.20. The third-order valence-corrected chi connectivity index (χ3v) is 5.20. The summed E-state index contributed by atoms with van der Waals surface area (Å²) in [6.07, 6.45) is 7.47. The van der Waals surface area contributed by atoms with Gasteiger partial charge < -0.3 is 4.90 Å². The summed E-state index contributed by atoms with van der Waals surface area (Å²) in [5.74, 6) is -0.266. The summed E-state index contributed by atoms with van der Waals surface area (Å²) < 4.78 is 0. The Hall–Kier alpha value is -1.68. The van der Waals surface area contributed by atoms with Crippen LogP contribution in [0.5, 0.6) is 0 Å². The first-order valence-electron chi connectivity index (χ1n) is 8.91. The highest BCUT2D eigenvalue weighted by Crippen LogP contribution is 2.24. The van der Waals surface area contributed by atoms with E-state index in [9.17, 15) is 9.59 Å². The minimum absolute atomic E-state index is 0.133. The van der Waals surface area contributed by atoms with Crippen LogP contribution >= 0.6 is 0 Å². The van der Waals surface area contributed by atoms with Crippen LogP contribution in [0.4, 0.5) is 0 Å². The summed E-state index contributed by atoms with van der Waals surface area (Å²) in [6, 6.07) is 7.81. The smallest absolute Gasteiger partial charge is 0.261 e. The second kappa shape index (κ2) is 7.26. The van der Waals surface area contributed by atoms with Crippen molar-refractivity contribution in [2.45, 2.75) is 51.5 Å². The van der Waals surface area contributed by atoms with E-state index in [1.54, 1.807) is 12.1 Å². The number of carbonyl (C=O) groups is 2. The van der Waals surface area contributed by atoms with Crippen molar-refractivity contribution in [2.75, 3.05) is 19.6 Å². The Morgan fingerprint density at radius 1 is 1.04 bits per heavy atom. The molecule has 4 nitrogen and oxygen atoms in total. The predicted molar refractivity (Wildman–Crippen MR) is 90.5 cm³/mol.